The van der Waals surface area contributed by atoms with Crippen molar-refractivity contribution in [2.24, 2.45) is 5.92 Å². The van der Waals surface area contributed by atoms with E-state index >= 15 is 0 Å². The van der Waals surface area contributed by atoms with Gasteiger partial charge in [-0.2, -0.15) is 0 Å². The molecule has 186 valence electrons. The molecule has 0 saturated carbocycles. The Hall–Kier alpha value is -2.02. The van der Waals surface area contributed by atoms with Crippen molar-refractivity contribution < 1.29 is 19.4 Å². The maximum atomic E-state index is 12.7. The lowest BCUT2D eigenvalue weighted by molar-refractivity contribution is -0.150. The number of allylic oxidation sites excluding steroid dienone is 2. The van der Waals surface area contributed by atoms with Crippen LogP contribution in [0.1, 0.15) is 75.9 Å². The first-order chi connectivity index (χ1) is 16.3. The van der Waals surface area contributed by atoms with Crippen molar-refractivity contribution >= 4 is 23.4 Å². The van der Waals surface area contributed by atoms with Crippen LogP contribution in [0.2, 0.25) is 0 Å². The van der Waals surface area contributed by atoms with Gasteiger partial charge in [0.1, 0.15) is 6.10 Å². The van der Waals surface area contributed by atoms with E-state index in [1.54, 1.807) is 11.3 Å². The number of ether oxygens (including phenoxy) is 2. The zero-order valence-electron chi connectivity index (χ0n) is 20.7. The normalized spacial score (nSPS) is 31.4. The van der Waals surface area contributed by atoms with Gasteiger partial charge in [-0.15, -0.1) is 11.3 Å². The monoisotopic (exact) mass is 485 g/mol. The van der Waals surface area contributed by atoms with E-state index in [4.69, 9.17) is 9.47 Å². The van der Waals surface area contributed by atoms with Crippen LogP contribution in [-0.2, 0) is 14.3 Å². The van der Waals surface area contributed by atoms with Crippen molar-refractivity contribution in [1.82, 2.24) is 4.98 Å². The summed E-state index contributed by atoms with van der Waals surface area (Å²) in [4.78, 5) is 17.2. The SMILES string of the molecule is C=C1CC/C=C/C[C@@H](/C(C)=C/c2csc(C)n2)OC(=O)CC(O)C[C@@H]2C=CC[C@@H](C[C@@H](C)C1)O2. The molecule has 0 saturated heterocycles. The number of esters is 1. The second kappa shape index (κ2) is 13.2. The number of thiazole rings is 1. The summed E-state index contributed by atoms with van der Waals surface area (Å²) < 4.78 is 12.0. The lowest BCUT2D eigenvalue weighted by Crippen LogP contribution is -2.30. The Morgan fingerprint density at radius 2 is 2.06 bits per heavy atom. The summed E-state index contributed by atoms with van der Waals surface area (Å²) in [7, 11) is 0. The van der Waals surface area contributed by atoms with Crippen LogP contribution in [0.5, 0.6) is 0 Å². The highest BCUT2D eigenvalue weighted by molar-refractivity contribution is 7.09. The Balaban J connectivity index is 1.73. The Labute approximate surface area is 208 Å². The standard InChI is InChI=1S/C28H39NO4S/c1-19-9-6-5-7-12-27(21(3)15-23-18-34-22(4)29-23)33-28(31)17-24(30)16-26-11-8-10-25(32-26)14-20(2)13-19/h5,7-8,11,15,18,20,24-27,30H,1,6,9-10,12-14,16-17H2,2-4H3/b7-5+,21-15+/t20-,24?,25-,26-,27-/m0/s1. The molecule has 3 heterocycles. The first kappa shape index (κ1) is 26.6. The number of fused-ring (bicyclic) bond motifs is 2. The van der Waals surface area contributed by atoms with E-state index in [2.05, 4.69) is 36.7 Å². The average Bonchev–Trinajstić information content (AvgIpc) is 3.16. The highest BCUT2D eigenvalue weighted by atomic mass is 32.1. The lowest BCUT2D eigenvalue weighted by Gasteiger charge is -2.29. The molecule has 3 rings (SSSR count). The molecular formula is C28H39NO4S. The van der Waals surface area contributed by atoms with E-state index in [9.17, 15) is 9.90 Å². The highest BCUT2D eigenvalue weighted by Crippen LogP contribution is 2.26. The van der Waals surface area contributed by atoms with E-state index in [-0.39, 0.29) is 18.6 Å². The summed E-state index contributed by atoms with van der Waals surface area (Å²) in [6, 6.07) is 0. The van der Waals surface area contributed by atoms with Crippen molar-refractivity contribution in [1.29, 1.82) is 0 Å². The van der Waals surface area contributed by atoms with Gasteiger partial charge in [0, 0.05) is 18.2 Å². The maximum Gasteiger partial charge on any atom is 0.309 e. The van der Waals surface area contributed by atoms with Crippen LogP contribution in [-0.4, -0.2) is 40.5 Å². The van der Waals surface area contributed by atoms with Gasteiger partial charge in [-0.3, -0.25) is 4.79 Å². The molecule has 6 heteroatoms. The van der Waals surface area contributed by atoms with Crippen LogP contribution < -0.4 is 0 Å². The van der Waals surface area contributed by atoms with Crippen molar-refractivity contribution in [3.05, 3.63) is 58.1 Å². The fourth-order valence-electron chi connectivity index (χ4n) is 4.62. The second-order valence-corrected chi connectivity index (χ2v) is 10.8. The summed E-state index contributed by atoms with van der Waals surface area (Å²) in [6.45, 7) is 10.5. The van der Waals surface area contributed by atoms with Gasteiger partial charge >= 0.3 is 5.97 Å². The van der Waals surface area contributed by atoms with Gasteiger partial charge < -0.3 is 14.6 Å². The zero-order valence-corrected chi connectivity index (χ0v) is 21.6. The molecule has 34 heavy (non-hydrogen) atoms. The van der Waals surface area contributed by atoms with Crippen LogP contribution in [0.25, 0.3) is 6.08 Å². The summed E-state index contributed by atoms with van der Waals surface area (Å²) in [5.74, 6) is 0.103. The molecule has 1 N–H and O–H groups in total. The third kappa shape index (κ3) is 8.97. The largest absolute Gasteiger partial charge is 0.457 e. The predicted octanol–water partition coefficient (Wildman–Crippen LogP) is 6.33. The van der Waals surface area contributed by atoms with Gasteiger partial charge in [0.2, 0.25) is 0 Å². The molecule has 1 unspecified atom stereocenters. The number of cyclic esters (lactones) is 1. The van der Waals surface area contributed by atoms with Gasteiger partial charge in [0.05, 0.1) is 35.4 Å². The number of nitrogens with zero attached hydrogens (tertiary/aromatic N) is 1. The highest BCUT2D eigenvalue weighted by Gasteiger charge is 2.25. The van der Waals surface area contributed by atoms with Crippen LogP contribution in [0, 0.1) is 12.8 Å². The predicted molar refractivity (Wildman–Crippen MR) is 139 cm³/mol. The van der Waals surface area contributed by atoms with Gasteiger partial charge in [-0.25, -0.2) is 4.98 Å². The molecule has 5 atom stereocenters. The minimum atomic E-state index is -0.807. The van der Waals surface area contributed by atoms with Crippen LogP contribution in [0.3, 0.4) is 0 Å². The molecule has 2 aliphatic heterocycles. The molecule has 0 radical (unpaired) electrons. The molecular weight excluding hydrogens is 446 g/mol. The lowest BCUT2D eigenvalue weighted by atomic mass is 9.92. The fraction of sp³-hybridized carbons (Fsp3) is 0.571. The van der Waals surface area contributed by atoms with E-state index in [0.717, 1.165) is 48.4 Å². The van der Waals surface area contributed by atoms with Gasteiger partial charge in [-0.05, 0) is 63.5 Å². The average molecular weight is 486 g/mol. The first-order valence-corrected chi connectivity index (χ1v) is 13.3. The number of hydrogen-bond donors (Lipinski definition) is 1. The molecule has 1 aromatic rings. The van der Waals surface area contributed by atoms with E-state index in [0.29, 0.717) is 18.8 Å². The topological polar surface area (TPSA) is 68.7 Å². The Morgan fingerprint density at radius 3 is 2.82 bits per heavy atom. The first-order valence-electron chi connectivity index (χ1n) is 12.4. The number of rotatable bonds is 2. The summed E-state index contributed by atoms with van der Waals surface area (Å²) in [5, 5.41) is 13.6. The smallest absolute Gasteiger partial charge is 0.309 e. The number of aliphatic hydroxyl groups is 1. The van der Waals surface area contributed by atoms with E-state index < -0.39 is 18.2 Å². The van der Waals surface area contributed by atoms with Crippen molar-refractivity contribution in [2.45, 2.75) is 96.6 Å². The Kier molecular flexibility index (Phi) is 10.3. The summed E-state index contributed by atoms with van der Waals surface area (Å²) in [5.41, 5.74) is 3.07. The molecule has 5 nitrogen and oxygen atoms in total. The molecule has 0 amide bonds. The molecule has 0 spiro atoms. The fourth-order valence-corrected chi connectivity index (χ4v) is 5.19. The van der Waals surface area contributed by atoms with Crippen LogP contribution in [0.4, 0.5) is 0 Å². The van der Waals surface area contributed by atoms with E-state index in [1.165, 1.54) is 5.57 Å². The van der Waals surface area contributed by atoms with Crippen molar-refractivity contribution in [3.63, 3.8) is 0 Å². The van der Waals surface area contributed by atoms with Crippen molar-refractivity contribution in [3.8, 4) is 0 Å². The number of aromatic nitrogens is 1. The molecule has 0 aromatic carbocycles. The second-order valence-electron chi connectivity index (χ2n) is 9.75. The van der Waals surface area contributed by atoms with Gasteiger partial charge in [-0.1, -0.05) is 43.4 Å². The number of aliphatic hydroxyl groups excluding tert-OH is 1. The van der Waals surface area contributed by atoms with Gasteiger partial charge in [0.15, 0.2) is 0 Å². The number of carbonyl (C=O) groups excluding carboxylic acids is 1. The maximum absolute atomic E-state index is 12.7. The number of aryl methyl sites for hydroxylation is 1. The molecule has 2 bridgehead atoms. The molecule has 0 fully saturated rings. The molecule has 0 aliphatic carbocycles. The summed E-state index contributed by atoms with van der Waals surface area (Å²) >= 11 is 1.60. The molecule has 2 aliphatic rings. The quantitative estimate of drug-likeness (QED) is 0.391. The molecule has 1 aromatic heterocycles. The summed E-state index contributed by atoms with van der Waals surface area (Å²) in [6.07, 6.45) is 14.8. The number of hydrogen-bond acceptors (Lipinski definition) is 6. The Bertz CT molecular complexity index is 915. The van der Waals surface area contributed by atoms with E-state index in [1.807, 2.05) is 31.4 Å². The zero-order chi connectivity index (χ0) is 24.5. The third-order valence-corrected chi connectivity index (χ3v) is 7.09. The third-order valence-electron chi connectivity index (χ3n) is 6.30. The minimum absolute atomic E-state index is 0.0438. The van der Waals surface area contributed by atoms with Crippen molar-refractivity contribution in [2.75, 3.05) is 0 Å². The Morgan fingerprint density at radius 1 is 1.24 bits per heavy atom. The minimum Gasteiger partial charge on any atom is -0.457 e. The number of carbonyl (C=O) groups is 1. The van der Waals surface area contributed by atoms with Crippen LogP contribution >= 0.6 is 11.3 Å². The van der Waals surface area contributed by atoms with Gasteiger partial charge in [0.25, 0.3) is 0 Å². The van der Waals surface area contributed by atoms with Crippen LogP contribution in [0.15, 0.2) is 47.4 Å².